The van der Waals surface area contributed by atoms with Gasteiger partial charge in [0.05, 0.1) is 0 Å². The van der Waals surface area contributed by atoms with Gasteiger partial charge in [-0.2, -0.15) is 13.2 Å². The van der Waals surface area contributed by atoms with Crippen LogP contribution in [0, 0.1) is 0 Å². The molecule has 0 saturated carbocycles. The lowest BCUT2D eigenvalue weighted by atomic mass is 10.3. The van der Waals surface area contributed by atoms with Gasteiger partial charge in [-0.25, -0.2) is 4.79 Å². The molecule has 7 nitrogen and oxygen atoms in total. The van der Waals surface area contributed by atoms with Crippen LogP contribution < -0.4 is 5.32 Å². The molecule has 10 heteroatoms. The van der Waals surface area contributed by atoms with Crippen molar-refractivity contribution >= 4 is 11.9 Å². The van der Waals surface area contributed by atoms with Gasteiger partial charge in [0.1, 0.15) is 6.61 Å². The molecule has 1 aliphatic rings. The highest BCUT2D eigenvalue weighted by Gasteiger charge is 2.27. The third-order valence-electron chi connectivity index (χ3n) is 3.80. The van der Waals surface area contributed by atoms with Crippen molar-refractivity contribution in [2.45, 2.75) is 19.0 Å². The van der Waals surface area contributed by atoms with E-state index in [9.17, 15) is 22.8 Å². The first-order chi connectivity index (χ1) is 11.7. The number of nitrogens with one attached hydrogen (secondary N) is 1. The van der Waals surface area contributed by atoms with E-state index in [1.165, 1.54) is 4.90 Å². The maximum atomic E-state index is 12.0. The summed E-state index contributed by atoms with van der Waals surface area (Å²) in [4.78, 5) is 28.7. The molecule has 1 N–H and O–H groups in total. The average Bonchev–Trinajstić information content (AvgIpc) is 2.53. The third-order valence-corrected chi connectivity index (χ3v) is 3.80. The molecule has 0 radical (unpaired) electrons. The number of nitrogens with zero attached hydrogens (tertiary/aromatic N) is 3. The van der Waals surface area contributed by atoms with Crippen molar-refractivity contribution < 1.29 is 27.5 Å². The van der Waals surface area contributed by atoms with Gasteiger partial charge in [0.2, 0.25) is 5.91 Å². The lowest BCUT2D eigenvalue weighted by Crippen LogP contribution is -2.52. The lowest BCUT2D eigenvalue weighted by molar-refractivity contribution is -0.174. The van der Waals surface area contributed by atoms with Crippen LogP contribution >= 0.6 is 0 Å². The molecule has 1 rings (SSSR count). The van der Waals surface area contributed by atoms with E-state index in [0.717, 1.165) is 0 Å². The normalized spacial score (nSPS) is 16.0. The van der Waals surface area contributed by atoms with Crippen LogP contribution in [0.1, 0.15) is 12.8 Å². The first-order valence-electron chi connectivity index (χ1n) is 8.29. The van der Waals surface area contributed by atoms with Crippen LogP contribution in [0.3, 0.4) is 0 Å². The highest BCUT2D eigenvalue weighted by molar-refractivity contribution is 5.78. The summed E-state index contributed by atoms with van der Waals surface area (Å²) in [5.74, 6) is -0.0436. The van der Waals surface area contributed by atoms with Gasteiger partial charge in [0.15, 0.2) is 0 Å². The summed E-state index contributed by atoms with van der Waals surface area (Å²) in [6.45, 7) is 2.25. The number of ether oxygens (including phenoxy) is 1. The predicted molar refractivity (Wildman–Crippen MR) is 86.2 cm³/mol. The fraction of sp³-hybridized carbons (Fsp3) is 0.867. The molecule has 0 bridgehead atoms. The van der Waals surface area contributed by atoms with E-state index in [2.05, 4.69) is 15.0 Å². The number of halogens is 3. The maximum Gasteiger partial charge on any atom is 0.411 e. The molecule has 1 aliphatic heterocycles. The second kappa shape index (κ2) is 10.4. The molecule has 0 spiro atoms. The molecule has 0 unspecified atom stereocenters. The van der Waals surface area contributed by atoms with Crippen molar-refractivity contribution in [2.75, 3.05) is 66.6 Å². The molecular formula is C15H27F3N4O3. The Morgan fingerprint density at radius 1 is 1.16 bits per heavy atom. The standard InChI is InChI=1S/C15H27F3N4O3/c1-20(2)13(23)4-5-19-14(24)22-9-7-21(8-10-22)6-3-11-25-12-15(16,17)18/h3-12H2,1-2H3,(H,19,24). The van der Waals surface area contributed by atoms with Crippen LogP contribution in [-0.2, 0) is 9.53 Å². The van der Waals surface area contributed by atoms with Gasteiger partial charge < -0.3 is 19.9 Å². The van der Waals surface area contributed by atoms with Crippen molar-refractivity contribution in [1.29, 1.82) is 0 Å². The zero-order valence-corrected chi connectivity index (χ0v) is 14.8. The SMILES string of the molecule is CN(C)C(=O)CCNC(=O)N1CCN(CCCOCC(F)(F)F)CC1. The Morgan fingerprint density at radius 2 is 1.80 bits per heavy atom. The Balaban J connectivity index is 2.10. The van der Waals surface area contributed by atoms with Crippen molar-refractivity contribution in [3.8, 4) is 0 Å². The van der Waals surface area contributed by atoms with Crippen molar-refractivity contribution in [3.05, 3.63) is 0 Å². The van der Waals surface area contributed by atoms with Crippen LogP contribution in [-0.4, -0.2) is 99.4 Å². The minimum absolute atomic E-state index is 0.0436. The highest BCUT2D eigenvalue weighted by Crippen LogP contribution is 2.14. The minimum atomic E-state index is -4.28. The topological polar surface area (TPSA) is 65.1 Å². The fourth-order valence-corrected chi connectivity index (χ4v) is 2.36. The number of urea groups is 1. The number of rotatable bonds is 8. The summed E-state index contributed by atoms with van der Waals surface area (Å²) in [5.41, 5.74) is 0. The van der Waals surface area contributed by atoms with Gasteiger partial charge in [-0.3, -0.25) is 9.69 Å². The summed E-state index contributed by atoms with van der Waals surface area (Å²) >= 11 is 0. The van der Waals surface area contributed by atoms with E-state index in [1.54, 1.807) is 19.0 Å². The summed E-state index contributed by atoms with van der Waals surface area (Å²) < 4.78 is 40.4. The van der Waals surface area contributed by atoms with E-state index in [4.69, 9.17) is 0 Å². The zero-order chi connectivity index (χ0) is 18.9. The molecule has 1 heterocycles. The molecule has 0 aromatic rings. The Bertz CT molecular complexity index is 425. The number of hydrogen-bond acceptors (Lipinski definition) is 4. The van der Waals surface area contributed by atoms with E-state index in [0.29, 0.717) is 45.7 Å². The Labute approximate surface area is 146 Å². The molecule has 1 saturated heterocycles. The van der Waals surface area contributed by atoms with E-state index < -0.39 is 12.8 Å². The molecule has 0 aromatic carbocycles. The van der Waals surface area contributed by atoms with Crippen LogP contribution in [0.25, 0.3) is 0 Å². The Hall–Kier alpha value is -1.55. The fourth-order valence-electron chi connectivity index (χ4n) is 2.36. The van der Waals surface area contributed by atoms with Gasteiger partial charge in [0.25, 0.3) is 0 Å². The summed E-state index contributed by atoms with van der Waals surface area (Å²) in [6.07, 6.45) is -3.50. The molecule has 3 amide bonds. The molecule has 0 aromatic heterocycles. The number of alkyl halides is 3. The minimum Gasteiger partial charge on any atom is -0.372 e. The van der Waals surface area contributed by atoms with Gasteiger partial charge in [0, 0.05) is 66.4 Å². The summed E-state index contributed by atoms with van der Waals surface area (Å²) in [7, 11) is 3.33. The quantitative estimate of drug-likeness (QED) is 0.643. The zero-order valence-electron chi connectivity index (χ0n) is 14.8. The number of piperazine rings is 1. The molecule has 146 valence electrons. The number of carbonyl (C=O) groups excluding carboxylic acids is 2. The maximum absolute atomic E-state index is 12.0. The Morgan fingerprint density at radius 3 is 2.36 bits per heavy atom. The van der Waals surface area contributed by atoms with Gasteiger partial charge in [-0.15, -0.1) is 0 Å². The molecule has 25 heavy (non-hydrogen) atoms. The molecule has 0 aliphatic carbocycles. The van der Waals surface area contributed by atoms with Crippen LogP contribution in [0.15, 0.2) is 0 Å². The van der Waals surface area contributed by atoms with Crippen molar-refractivity contribution in [2.24, 2.45) is 0 Å². The molecule has 0 atom stereocenters. The molecular weight excluding hydrogens is 341 g/mol. The first-order valence-corrected chi connectivity index (χ1v) is 8.29. The summed E-state index contributed by atoms with van der Waals surface area (Å²) in [6, 6.07) is -0.195. The largest absolute Gasteiger partial charge is 0.411 e. The van der Waals surface area contributed by atoms with Crippen LogP contribution in [0.2, 0.25) is 0 Å². The van der Waals surface area contributed by atoms with Crippen LogP contribution in [0.5, 0.6) is 0 Å². The van der Waals surface area contributed by atoms with Gasteiger partial charge >= 0.3 is 12.2 Å². The van der Waals surface area contributed by atoms with Gasteiger partial charge in [-0.05, 0) is 6.42 Å². The second-order valence-corrected chi connectivity index (χ2v) is 6.12. The average molecular weight is 368 g/mol. The first kappa shape index (κ1) is 21.5. The number of carbonyl (C=O) groups is 2. The van der Waals surface area contributed by atoms with Crippen molar-refractivity contribution in [1.82, 2.24) is 20.0 Å². The van der Waals surface area contributed by atoms with Crippen molar-refractivity contribution in [3.63, 3.8) is 0 Å². The third kappa shape index (κ3) is 9.49. The highest BCUT2D eigenvalue weighted by atomic mass is 19.4. The second-order valence-electron chi connectivity index (χ2n) is 6.12. The predicted octanol–water partition coefficient (Wildman–Crippen LogP) is 0.761. The monoisotopic (exact) mass is 368 g/mol. The van der Waals surface area contributed by atoms with E-state index in [1.807, 2.05) is 0 Å². The van der Waals surface area contributed by atoms with E-state index in [-0.39, 0.29) is 25.0 Å². The van der Waals surface area contributed by atoms with Gasteiger partial charge in [-0.1, -0.05) is 0 Å². The number of hydrogen-bond donors (Lipinski definition) is 1. The Kier molecular flexibility index (Phi) is 8.98. The smallest absolute Gasteiger partial charge is 0.372 e. The lowest BCUT2D eigenvalue weighted by Gasteiger charge is -2.34. The van der Waals surface area contributed by atoms with E-state index >= 15 is 0 Å². The number of amides is 3. The molecule has 1 fully saturated rings. The summed E-state index contributed by atoms with van der Waals surface area (Å²) in [5, 5.41) is 2.72. The van der Waals surface area contributed by atoms with Crippen LogP contribution in [0.4, 0.5) is 18.0 Å².